The molecule has 0 saturated carbocycles. The Balaban J connectivity index is 3.18. The maximum Gasteiger partial charge on any atom is 0.310 e. The van der Waals surface area contributed by atoms with E-state index >= 15 is 0 Å². The Morgan fingerprint density at radius 3 is 2.53 bits per heavy atom. The maximum atomic E-state index is 13.2. The molecule has 0 saturated heterocycles. The molecule has 0 aromatic heterocycles. The summed E-state index contributed by atoms with van der Waals surface area (Å²) < 4.78 is 43.2. The molecule has 1 rings (SSSR count). The third kappa shape index (κ3) is 2.50. The van der Waals surface area contributed by atoms with E-state index < -0.39 is 35.4 Å². The molecule has 0 heterocycles. The molecule has 0 atom stereocenters. The van der Waals surface area contributed by atoms with Crippen molar-refractivity contribution in [1.82, 2.24) is 0 Å². The van der Waals surface area contributed by atoms with Crippen molar-refractivity contribution < 1.29 is 22.7 Å². The number of rotatable bonds is 2. The van der Waals surface area contributed by atoms with Crippen molar-refractivity contribution in [1.29, 1.82) is 0 Å². The van der Waals surface area contributed by atoms with Gasteiger partial charge in [-0.3, -0.25) is 4.79 Å². The van der Waals surface area contributed by atoms with Crippen molar-refractivity contribution in [2.75, 3.05) is 7.11 Å². The predicted octanol–water partition coefficient (Wildman–Crippen LogP) is 2.58. The van der Waals surface area contributed by atoms with E-state index in [4.69, 9.17) is 0 Å². The molecule has 82 valence electrons. The van der Waals surface area contributed by atoms with Crippen LogP contribution in [0.25, 0.3) is 0 Å². The Morgan fingerprint density at radius 1 is 1.40 bits per heavy atom. The summed E-state index contributed by atoms with van der Waals surface area (Å²) in [6.45, 7) is 0. The van der Waals surface area contributed by atoms with Gasteiger partial charge in [-0.25, -0.2) is 13.2 Å². The normalized spacial score (nSPS) is 10.2. The van der Waals surface area contributed by atoms with Gasteiger partial charge >= 0.3 is 5.97 Å². The average Bonchev–Trinajstić information content (AvgIpc) is 2.21. The first-order valence-corrected chi connectivity index (χ1v) is 4.65. The quantitative estimate of drug-likeness (QED) is 0.474. The third-order valence-corrected chi connectivity index (χ3v) is 2.33. The van der Waals surface area contributed by atoms with E-state index in [9.17, 15) is 18.0 Å². The van der Waals surface area contributed by atoms with Crippen molar-refractivity contribution >= 4 is 21.9 Å². The number of ether oxygens (including phenoxy) is 1. The highest BCUT2D eigenvalue weighted by molar-refractivity contribution is 9.10. The second-order valence-electron chi connectivity index (χ2n) is 2.70. The summed E-state index contributed by atoms with van der Waals surface area (Å²) in [5.41, 5.74) is -0.637. The third-order valence-electron chi connectivity index (χ3n) is 1.76. The molecular weight excluding hydrogens is 277 g/mol. The van der Waals surface area contributed by atoms with E-state index in [0.717, 1.165) is 13.2 Å². The fraction of sp³-hybridized carbons (Fsp3) is 0.222. The van der Waals surface area contributed by atoms with Crippen LogP contribution in [0.1, 0.15) is 5.56 Å². The Labute approximate surface area is 92.2 Å². The van der Waals surface area contributed by atoms with Gasteiger partial charge in [0.2, 0.25) is 0 Å². The van der Waals surface area contributed by atoms with Gasteiger partial charge in [-0.2, -0.15) is 0 Å². The van der Waals surface area contributed by atoms with E-state index in [1.54, 1.807) is 0 Å². The fourth-order valence-corrected chi connectivity index (χ4v) is 1.36. The standard InChI is InChI=1S/C9H6BrF3O2/c1-15-7(14)2-4-6(11)3-5(10)9(13)8(4)12/h3H,2H2,1H3. The van der Waals surface area contributed by atoms with Crippen LogP contribution < -0.4 is 0 Å². The largest absolute Gasteiger partial charge is 0.469 e. The minimum absolute atomic E-state index is 0.328. The molecule has 0 amide bonds. The van der Waals surface area contributed by atoms with Crippen LogP contribution in [0, 0.1) is 17.5 Å². The highest BCUT2D eigenvalue weighted by Crippen LogP contribution is 2.24. The molecule has 6 heteroatoms. The zero-order valence-corrected chi connectivity index (χ0v) is 9.20. The van der Waals surface area contributed by atoms with Crippen LogP contribution in [0.3, 0.4) is 0 Å². The topological polar surface area (TPSA) is 26.3 Å². The molecule has 0 aliphatic rings. The molecule has 0 unspecified atom stereocenters. The van der Waals surface area contributed by atoms with Gasteiger partial charge in [0.15, 0.2) is 11.6 Å². The number of benzene rings is 1. The summed E-state index contributed by atoms with van der Waals surface area (Å²) in [5, 5.41) is 0. The van der Waals surface area contributed by atoms with Gasteiger partial charge in [0.05, 0.1) is 18.0 Å². The molecule has 1 aromatic carbocycles. The monoisotopic (exact) mass is 282 g/mol. The lowest BCUT2D eigenvalue weighted by Gasteiger charge is -2.05. The predicted molar refractivity (Wildman–Crippen MR) is 49.7 cm³/mol. The van der Waals surface area contributed by atoms with E-state index in [0.29, 0.717) is 0 Å². The molecule has 0 aliphatic heterocycles. The summed E-state index contributed by atoms with van der Waals surface area (Å²) in [4.78, 5) is 10.8. The van der Waals surface area contributed by atoms with Crippen molar-refractivity contribution in [3.8, 4) is 0 Å². The SMILES string of the molecule is COC(=O)Cc1c(F)cc(Br)c(F)c1F. The van der Waals surface area contributed by atoms with Crippen LogP contribution >= 0.6 is 15.9 Å². The lowest BCUT2D eigenvalue weighted by Crippen LogP contribution is -2.09. The minimum Gasteiger partial charge on any atom is -0.469 e. The van der Waals surface area contributed by atoms with Gasteiger partial charge in [-0.15, -0.1) is 0 Å². The number of methoxy groups -OCH3 is 1. The van der Waals surface area contributed by atoms with Crippen molar-refractivity contribution in [2.45, 2.75) is 6.42 Å². The number of carbonyl (C=O) groups excluding carboxylic acids is 1. The highest BCUT2D eigenvalue weighted by atomic mass is 79.9. The molecule has 1 aromatic rings. The molecular formula is C9H6BrF3O2. The summed E-state index contributed by atoms with van der Waals surface area (Å²) in [7, 11) is 1.08. The van der Waals surface area contributed by atoms with Crippen molar-refractivity contribution in [2.24, 2.45) is 0 Å². The highest BCUT2D eigenvalue weighted by Gasteiger charge is 2.19. The van der Waals surface area contributed by atoms with E-state index in [1.165, 1.54) is 0 Å². The van der Waals surface area contributed by atoms with Crippen LogP contribution in [0.2, 0.25) is 0 Å². The van der Waals surface area contributed by atoms with E-state index in [2.05, 4.69) is 20.7 Å². The Morgan fingerprint density at radius 2 is 2.00 bits per heavy atom. The van der Waals surface area contributed by atoms with Gasteiger partial charge in [-0.05, 0) is 22.0 Å². The van der Waals surface area contributed by atoms with Crippen LogP contribution in [0.15, 0.2) is 10.5 Å². The minimum atomic E-state index is -1.38. The molecule has 0 radical (unpaired) electrons. The van der Waals surface area contributed by atoms with Crippen molar-refractivity contribution in [3.63, 3.8) is 0 Å². The molecule has 15 heavy (non-hydrogen) atoms. The van der Waals surface area contributed by atoms with Gasteiger partial charge in [0.25, 0.3) is 0 Å². The zero-order chi connectivity index (χ0) is 11.6. The summed E-state index contributed by atoms with van der Waals surface area (Å²) in [6, 6.07) is 0.761. The lowest BCUT2D eigenvalue weighted by molar-refractivity contribution is -0.139. The van der Waals surface area contributed by atoms with E-state index in [1.807, 2.05) is 0 Å². The first kappa shape index (κ1) is 12.0. The fourth-order valence-electron chi connectivity index (χ4n) is 0.982. The second-order valence-corrected chi connectivity index (χ2v) is 3.55. The molecule has 0 spiro atoms. The Bertz CT molecular complexity index is 407. The molecule has 0 fully saturated rings. The van der Waals surface area contributed by atoms with Crippen LogP contribution in [-0.4, -0.2) is 13.1 Å². The first-order chi connectivity index (χ1) is 6.97. The van der Waals surface area contributed by atoms with Gasteiger partial charge in [-0.1, -0.05) is 0 Å². The average molecular weight is 283 g/mol. The molecule has 0 aliphatic carbocycles. The smallest absolute Gasteiger partial charge is 0.310 e. The molecule has 0 N–H and O–H groups in total. The maximum absolute atomic E-state index is 13.2. The van der Waals surface area contributed by atoms with E-state index in [-0.39, 0.29) is 4.47 Å². The summed E-state index contributed by atoms with van der Waals surface area (Å²) in [6.07, 6.45) is -0.641. The van der Waals surface area contributed by atoms with Gasteiger partial charge in [0.1, 0.15) is 5.82 Å². The summed E-state index contributed by atoms with van der Waals surface area (Å²) >= 11 is 2.64. The Kier molecular flexibility index (Phi) is 3.73. The van der Waals surface area contributed by atoms with Gasteiger partial charge in [0, 0.05) is 5.56 Å². The summed E-state index contributed by atoms with van der Waals surface area (Å²) in [5.74, 6) is -4.44. The number of carbonyl (C=O) groups is 1. The van der Waals surface area contributed by atoms with Gasteiger partial charge < -0.3 is 4.74 Å². The Hall–Kier alpha value is -1.04. The number of esters is 1. The zero-order valence-electron chi connectivity index (χ0n) is 7.61. The number of hydrogen-bond acceptors (Lipinski definition) is 2. The first-order valence-electron chi connectivity index (χ1n) is 3.86. The van der Waals surface area contributed by atoms with Crippen LogP contribution in [0.4, 0.5) is 13.2 Å². The van der Waals surface area contributed by atoms with Crippen molar-refractivity contribution in [3.05, 3.63) is 33.6 Å². The second kappa shape index (κ2) is 4.65. The molecule has 0 bridgehead atoms. The molecule has 2 nitrogen and oxygen atoms in total. The van der Waals surface area contributed by atoms with Crippen LogP contribution in [0.5, 0.6) is 0 Å². The number of halogens is 4. The number of hydrogen-bond donors (Lipinski definition) is 0. The lowest BCUT2D eigenvalue weighted by atomic mass is 10.1. The van der Waals surface area contributed by atoms with Crippen LogP contribution in [-0.2, 0) is 16.0 Å².